The van der Waals surface area contributed by atoms with Crippen LogP contribution in [0.25, 0.3) is 0 Å². The fourth-order valence-electron chi connectivity index (χ4n) is 1.87. The SMILES string of the molecule is CCNC(CC(=O)O)C(=O)c1cc(C)ccc1C. The van der Waals surface area contributed by atoms with E-state index in [0.29, 0.717) is 12.1 Å². The molecule has 98 valence electrons. The summed E-state index contributed by atoms with van der Waals surface area (Å²) in [6.07, 6.45) is -0.194. The number of hydrogen-bond donors (Lipinski definition) is 2. The molecular formula is C14H19NO3. The normalized spacial score (nSPS) is 12.2. The van der Waals surface area contributed by atoms with Crippen LogP contribution in [0.15, 0.2) is 18.2 Å². The Kier molecular flexibility index (Phi) is 5.04. The molecule has 0 bridgehead atoms. The summed E-state index contributed by atoms with van der Waals surface area (Å²) in [7, 11) is 0. The van der Waals surface area contributed by atoms with Crippen molar-refractivity contribution in [3.63, 3.8) is 0 Å². The minimum absolute atomic E-state index is 0.152. The van der Waals surface area contributed by atoms with Gasteiger partial charge in [0.1, 0.15) is 0 Å². The van der Waals surface area contributed by atoms with Crippen molar-refractivity contribution < 1.29 is 14.7 Å². The molecule has 1 aromatic carbocycles. The van der Waals surface area contributed by atoms with E-state index in [4.69, 9.17) is 5.11 Å². The first-order valence-corrected chi connectivity index (χ1v) is 6.02. The van der Waals surface area contributed by atoms with Crippen LogP contribution in [0.4, 0.5) is 0 Å². The lowest BCUT2D eigenvalue weighted by atomic mass is 9.96. The van der Waals surface area contributed by atoms with Gasteiger partial charge in [-0.25, -0.2) is 0 Å². The second-order valence-corrected chi connectivity index (χ2v) is 4.39. The number of rotatable bonds is 6. The second-order valence-electron chi connectivity index (χ2n) is 4.39. The summed E-state index contributed by atoms with van der Waals surface area (Å²) in [6, 6.07) is 4.97. The molecular weight excluding hydrogens is 230 g/mol. The van der Waals surface area contributed by atoms with Gasteiger partial charge < -0.3 is 10.4 Å². The first-order valence-electron chi connectivity index (χ1n) is 6.02. The molecule has 1 unspecified atom stereocenters. The summed E-state index contributed by atoms with van der Waals surface area (Å²) in [6.45, 7) is 6.19. The molecule has 0 saturated heterocycles. The summed E-state index contributed by atoms with van der Waals surface area (Å²) in [5.74, 6) is -1.12. The lowest BCUT2D eigenvalue weighted by Crippen LogP contribution is -2.38. The number of carboxylic acid groups (broad SMARTS) is 1. The van der Waals surface area contributed by atoms with Crippen LogP contribution in [-0.2, 0) is 4.79 Å². The Hall–Kier alpha value is -1.68. The number of ketones is 1. The molecule has 0 aromatic heterocycles. The van der Waals surface area contributed by atoms with Crippen molar-refractivity contribution in [2.24, 2.45) is 0 Å². The van der Waals surface area contributed by atoms with Gasteiger partial charge in [0.25, 0.3) is 0 Å². The van der Waals surface area contributed by atoms with E-state index in [-0.39, 0.29) is 12.2 Å². The van der Waals surface area contributed by atoms with Crippen molar-refractivity contribution in [3.05, 3.63) is 34.9 Å². The van der Waals surface area contributed by atoms with Crippen LogP contribution in [0, 0.1) is 13.8 Å². The number of carbonyl (C=O) groups is 2. The molecule has 0 fully saturated rings. The zero-order valence-corrected chi connectivity index (χ0v) is 11.0. The predicted molar refractivity (Wildman–Crippen MR) is 70.0 cm³/mol. The summed E-state index contributed by atoms with van der Waals surface area (Å²) in [4.78, 5) is 23.1. The molecule has 0 aliphatic heterocycles. The number of hydrogen-bond acceptors (Lipinski definition) is 3. The highest BCUT2D eigenvalue weighted by molar-refractivity contribution is 6.02. The number of aryl methyl sites for hydroxylation is 2. The molecule has 1 atom stereocenters. The number of likely N-dealkylation sites (N-methyl/N-ethyl adjacent to an activating group) is 1. The van der Waals surface area contributed by atoms with E-state index in [9.17, 15) is 9.59 Å². The van der Waals surface area contributed by atoms with Crippen molar-refractivity contribution in [2.45, 2.75) is 33.2 Å². The van der Waals surface area contributed by atoms with Gasteiger partial charge >= 0.3 is 5.97 Å². The molecule has 0 radical (unpaired) electrons. The van der Waals surface area contributed by atoms with E-state index >= 15 is 0 Å². The van der Waals surface area contributed by atoms with E-state index in [2.05, 4.69) is 5.32 Å². The van der Waals surface area contributed by atoms with Crippen LogP contribution in [0.3, 0.4) is 0 Å². The van der Waals surface area contributed by atoms with E-state index in [1.165, 1.54) is 0 Å². The molecule has 0 saturated carbocycles. The molecule has 1 aromatic rings. The van der Waals surface area contributed by atoms with Crippen LogP contribution in [0.5, 0.6) is 0 Å². The topological polar surface area (TPSA) is 66.4 Å². The van der Waals surface area contributed by atoms with E-state index < -0.39 is 12.0 Å². The fraction of sp³-hybridized carbons (Fsp3) is 0.429. The van der Waals surface area contributed by atoms with Gasteiger partial charge in [-0.1, -0.05) is 24.6 Å². The van der Waals surface area contributed by atoms with Crippen molar-refractivity contribution in [3.8, 4) is 0 Å². The van der Waals surface area contributed by atoms with Crippen molar-refractivity contribution in [2.75, 3.05) is 6.54 Å². The Bertz CT molecular complexity index is 454. The molecule has 4 heteroatoms. The minimum Gasteiger partial charge on any atom is -0.481 e. The average molecular weight is 249 g/mol. The smallest absolute Gasteiger partial charge is 0.305 e. The zero-order chi connectivity index (χ0) is 13.7. The van der Waals surface area contributed by atoms with Crippen LogP contribution in [0.1, 0.15) is 34.8 Å². The van der Waals surface area contributed by atoms with Crippen LogP contribution >= 0.6 is 0 Å². The quantitative estimate of drug-likeness (QED) is 0.756. The molecule has 4 nitrogen and oxygen atoms in total. The Morgan fingerprint density at radius 2 is 2.00 bits per heavy atom. The predicted octanol–water partition coefficient (Wildman–Crippen LogP) is 1.94. The highest BCUT2D eigenvalue weighted by atomic mass is 16.4. The third-order valence-corrected chi connectivity index (χ3v) is 2.80. The Morgan fingerprint density at radius 3 is 2.56 bits per heavy atom. The number of Topliss-reactive ketones (excluding diaryl/α,β-unsaturated/α-hetero) is 1. The highest BCUT2D eigenvalue weighted by Gasteiger charge is 2.23. The summed E-state index contributed by atoms with van der Waals surface area (Å²) in [5.41, 5.74) is 2.47. The molecule has 0 spiro atoms. The maximum absolute atomic E-state index is 12.3. The first-order chi connectivity index (χ1) is 8.45. The standard InChI is InChI=1S/C14H19NO3/c1-4-15-12(8-13(16)17)14(18)11-7-9(2)5-6-10(11)3/h5-7,12,15H,4,8H2,1-3H3,(H,16,17). The van der Waals surface area contributed by atoms with Gasteiger partial charge in [-0.05, 0) is 32.0 Å². The lowest BCUT2D eigenvalue weighted by molar-refractivity contribution is -0.137. The average Bonchev–Trinajstić information content (AvgIpc) is 2.30. The molecule has 2 N–H and O–H groups in total. The fourth-order valence-corrected chi connectivity index (χ4v) is 1.87. The molecule has 0 amide bonds. The molecule has 1 rings (SSSR count). The highest BCUT2D eigenvalue weighted by Crippen LogP contribution is 2.14. The Morgan fingerprint density at radius 1 is 1.33 bits per heavy atom. The maximum Gasteiger partial charge on any atom is 0.305 e. The minimum atomic E-state index is -0.973. The van der Waals surface area contributed by atoms with Gasteiger partial charge in [0.2, 0.25) is 0 Å². The van der Waals surface area contributed by atoms with Gasteiger partial charge in [0, 0.05) is 5.56 Å². The van der Waals surface area contributed by atoms with E-state index in [0.717, 1.165) is 11.1 Å². The van der Waals surface area contributed by atoms with Gasteiger partial charge in [0.05, 0.1) is 12.5 Å². The van der Waals surface area contributed by atoms with Crippen LogP contribution in [-0.4, -0.2) is 29.4 Å². The second kappa shape index (κ2) is 6.31. The largest absolute Gasteiger partial charge is 0.481 e. The van der Waals surface area contributed by atoms with Gasteiger partial charge in [-0.2, -0.15) is 0 Å². The van der Waals surface area contributed by atoms with Crippen molar-refractivity contribution in [1.29, 1.82) is 0 Å². The summed E-state index contributed by atoms with van der Waals surface area (Å²) >= 11 is 0. The number of aliphatic carboxylic acids is 1. The number of benzene rings is 1. The Labute approximate surface area is 107 Å². The van der Waals surface area contributed by atoms with Gasteiger partial charge in [-0.15, -0.1) is 0 Å². The third kappa shape index (κ3) is 3.67. The number of carbonyl (C=O) groups excluding carboxylic acids is 1. The molecule has 0 aliphatic carbocycles. The van der Waals surface area contributed by atoms with Crippen LogP contribution < -0.4 is 5.32 Å². The Balaban J connectivity index is 3.01. The zero-order valence-electron chi connectivity index (χ0n) is 11.0. The third-order valence-electron chi connectivity index (χ3n) is 2.80. The molecule has 18 heavy (non-hydrogen) atoms. The monoisotopic (exact) mass is 249 g/mol. The number of carboxylic acids is 1. The first kappa shape index (κ1) is 14.4. The van der Waals surface area contributed by atoms with Crippen LogP contribution in [0.2, 0.25) is 0 Å². The van der Waals surface area contributed by atoms with Crippen molar-refractivity contribution >= 4 is 11.8 Å². The molecule has 0 heterocycles. The van der Waals surface area contributed by atoms with Gasteiger partial charge in [-0.3, -0.25) is 9.59 Å². The summed E-state index contributed by atoms with van der Waals surface area (Å²) in [5, 5.41) is 11.8. The van der Waals surface area contributed by atoms with E-state index in [1.54, 1.807) is 0 Å². The van der Waals surface area contributed by atoms with E-state index in [1.807, 2.05) is 39.0 Å². The molecule has 0 aliphatic rings. The van der Waals surface area contributed by atoms with Gasteiger partial charge in [0.15, 0.2) is 5.78 Å². The lowest BCUT2D eigenvalue weighted by Gasteiger charge is -2.16. The number of nitrogens with one attached hydrogen (secondary N) is 1. The summed E-state index contributed by atoms with van der Waals surface area (Å²) < 4.78 is 0. The van der Waals surface area contributed by atoms with Crippen molar-refractivity contribution in [1.82, 2.24) is 5.32 Å². The maximum atomic E-state index is 12.3.